The first-order valence-electron chi connectivity index (χ1n) is 8.39. The highest BCUT2D eigenvalue weighted by atomic mass is 16.5. The van der Waals surface area contributed by atoms with Crippen LogP contribution in [0.2, 0.25) is 0 Å². The van der Waals surface area contributed by atoms with Gasteiger partial charge >= 0.3 is 0 Å². The van der Waals surface area contributed by atoms with Crippen molar-refractivity contribution in [1.29, 1.82) is 0 Å². The fourth-order valence-electron chi connectivity index (χ4n) is 3.80. The van der Waals surface area contributed by atoms with E-state index in [1.54, 1.807) is 12.1 Å². The molecule has 1 aliphatic rings. The van der Waals surface area contributed by atoms with Gasteiger partial charge in [0.2, 0.25) is 11.5 Å². The molecule has 0 fully saturated rings. The molecule has 0 saturated heterocycles. The zero-order chi connectivity index (χ0) is 19.0. The minimum Gasteiger partial charge on any atom is -0.502 e. The standard InChI is InChI=1S/C20H24O6/c1-10-6-13(11-7-14(23-2)18(21)15(8-11)24-3)17-12(10)9-16(25-4)19(22)20(17)26-5/h7-10,13,21-22H,6H2,1-5H3/t10-,13-/m1/s1. The molecule has 26 heavy (non-hydrogen) atoms. The minimum absolute atomic E-state index is 0.00874. The Labute approximate surface area is 152 Å². The smallest absolute Gasteiger partial charge is 0.201 e. The number of rotatable bonds is 5. The first-order valence-corrected chi connectivity index (χ1v) is 8.39. The molecule has 1 aliphatic carbocycles. The van der Waals surface area contributed by atoms with Gasteiger partial charge < -0.3 is 29.2 Å². The molecule has 0 aromatic heterocycles. The van der Waals surface area contributed by atoms with Crippen molar-refractivity contribution in [2.75, 3.05) is 28.4 Å². The number of fused-ring (bicyclic) bond motifs is 1. The topological polar surface area (TPSA) is 77.4 Å². The molecule has 0 bridgehead atoms. The van der Waals surface area contributed by atoms with E-state index in [1.807, 2.05) is 6.07 Å². The van der Waals surface area contributed by atoms with Crippen LogP contribution in [0.5, 0.6) is 34.5 Å². The maximum atomic E-state index is 10.5. The zero-order valence-corrected chi connectivity index (χ0v) is 15.6. The molecule has 0 radical (unpaired) electrons. The summed E-state index contributed by atoms with van der Waals surface area (Å²) in [6, 6.07) is 5.46. The second-order valence-electron chi connectivity index (χ2n) is 6.43. The highest BCUT2D eigenvalue weighted by Gasteiger charge is 2.36. The maximum Gasteiger partial charge on any atom is 0.201 e. The number of aromatic hydroxyl groups is 2. The maximum absolute atomic E-state index is 10.5. The summed E-state index contributed by atoms with van der Waals surface area (Å²) in [6.07, 6.45) is 0.829. The van der Waals surface area contributed by atoms with Crippen LogP contribution in [0.3, 0.4) is 0 Å². The van der Waals surface area contributed by atoms with Crippen molar-refractivity contribution >= 4 is 0 Å². The van der Waals surface area contributed by atoms with Crippen LogP contribution in [-0.4, -0.2) is 38.7 Å². The van der Waals surface area contributed by atoms with Crippen molar-refractivity contribution in [2.45, 2.75) is 25.2 Å². The van der Waals surface area contributed by atoms with E-state index >= 15 is 0 Å². The number of phenolic OH excluding ortho intramolecular Hbond substituents is 2. The number of hydrogen-bond acceptors (Lipinski definition) is 6. The fourth-order valence-corrected chi connectivity index (χ4v) is 3.80. The molecule has 2 aromatic carbocycles. The van der Waals surface area contributed by atoms with Crippen molar-refractivity contribution in [3.8, 4) is 34.5 Å². The van der Waals surface area contributed by atoms with Crippen molar-refractivity contribution in [3.63, 3.8) is 0 Å². The van der Waals surface area contributed by atoms with Crippen molar-refractivity contribution in [1.82, 2.24) is 0 Å². The second kappa shape index (κ2) is 6.86. The molecule has 3 rings (SSSR count). The molecule has 0 amide bonds. The van der Waals surface area contributed by atoms with Crippen molar-refractivity contribution in [2.24, 2.45) is 0 Å². The largest absolute Gasteiger partial charge is 0.502 e. The van der Waals surface area contributed by atoms with Crippen LogP contribution in [0, 0.1) is 0 Å². The van der Waals surface area contributed by atoms with Crippen LogP contribution >= 0.6 is 0 Å². The zero-order valence-electron chi connectivity index (χ0n) is 15.6. The van der Waals surface area contributed by atoms with Gasteiger partial charge in [-0.1, -0.05) is 6.92 Å². The van der Waals surface area contributed by atoms with Gasteiger partial charge in [0.25, 0.3) is 0 Å². The molecular weight excluding hydrogens is 336 g/mol. The summed E-state index contributed by atoms with van der Waals surface area (Å²) in [6.45, 7) is 2.13. The fraction of sp³-hybridized carbons (Fsp3) is 0.400. The number of hydrogen-bond donors (Lipinski definition) is 2. The Morgan fingerprint density at radius 1 is 0.808 bits per heavy atom. The third-order valence-corrected chi connectivity index (χ3v) is 5.09. The molecule has 0 aliphatic heterocycles. The third-order valence-electron chi connectivity index (χ3n) is 5.09. The minimum atomic E-state index is -0.0328. The summed E-state index contributed by atoms with van der Waals surface area (Å²) in [5.74, 6) is 1.68. The van der Waals surface area contributed by atoms with Gasteiger partial charge in [-0.15, -0.1) is 0 Å². The summed E-state index contributed by atoms with van der Waals surface area (Å²) < 4.78 is 21.4. The molecule has 0 heterocycles. The molecular formula is C20H24O6. The van der Waals surface area contributed by atoms with Crippen LogP contribution in [-0.2, 0) is 0 Å². The van der Waals surface area contributed by atoms with Gasteiger partial charge in [0, 0.05) is 11.5 Å². The molecule has 2 atom stereocenters. The van der Waals surface area contributed by atoms with Crippen LogP contribution in [0.25, 0.3) is 0 Å². The number of phenols is 2. The van der Waals surface area contributed by atoms with E-state index in [4.69, 9.17) is 18.9 Å². The lowest BCUT2D eigenvalue weighted by atomic mass is 9.91. The highest BCUT2D eigenvalue weighted by molar-refractivity contribution is 5.65. The summed E-state index contributed by atoms with van der Waals surface area (Å²) in [7, 11) is 6.06. The van der Waals surface area contributed by atoms with Gasteiger partial charge in [0.05, 0.1) is 28.4 Å². The summed E-state index contributed by atoms with van der Waals surface area (Å²) >= 11 is 0. The molecule has 0 unspecified atom stereocenters. The number of methoxy groups -OCH3 is 4. The average molecular weight is 360 g/mol. The number of ether oxygens (including phenoxy) is 4. The van der Waals surface area contributed by atoms with E-state index in [9.17, 15) is 10.2 Å². The molecule has 2 aromatic rings. The van der Waals surface area contributed by atoms with E-state index in [0.717, 1.165) is 23.1 Å². The van der Waals surface area contributed by atoms with Gasteiger partial charge in [0.1, 0.15) is 0 Å². The Kier molecular flexibility index (Phi) is 4.76. The quantitative estimate of drug-likeness (QED) is 0.845. The lowest BCUT2D eigenvalue weighted by Crippen LogP contribution is -2.02. The lowest BCUT2D eigenvalue weighted by Gasteiger charge is -2.20. The molecule has 6 heteroatoms. The molecule has 0 spiro atoms. The first-order chi connectivity index (χ1) is 12.5. The Bertz CT molecular complexity index is 805. The van der Waals surface area contributed by atoms with E-state index in [-0.39, 0.29) is 23.3 Å². The van der Waals surface area contributed by atoms with Gasteiger partial charge in [0.15, 0.2) is 23.0 Å². The molecule has 140 valence electrons. The monoisotopic (exact) mass is 360 g/mol. The van der Waals surface area contributed by atoms with E-state index in [2.05, 4.69) is 6.92 Å². The Morgan fingerprint density at radius 2 is 1.35 bits per heavy atom. The second-order valence-corrected chi connectivity index (χ2v) is 6.43. The van der Waals surface area contributed by atoms with E-state index in [1.165, 1.54) is 28.4 Å². The Hall–Kier alpha value is -2.76. The van der Waals surface area contributed by atoms with Crippen LogP contribution in [0.1, 0.15) is 41.9 Å². The van der Waals surface area contributed by atoms with Gasteiger partial charge in [-0.05, 0) is 41.7 Å². The van der Waals surface area contributed by atoms with Crippen molar-refractivity contribution in [3.05, 3.63) is 34.9 Å². The van der Waals surface area contributed by atoms with Gasteiger partial charge in [-0.2, -0.15) is 0 Å². The first kappa shape index (κ1) is 18.0. The Morgan fingerprint density at radius 3 is 1.85 bits per heavy atom. The summed E-state index contributed by atoms with van der Waals surface area (Å²) in [4.78, 5) is 0. The summed E-state index contributed by atoms with van der Waals surface area (Å²) in [5, 5.41) is 20.7. The van der Waals surface area contributed by atoms with Crippen LogP contribution in [0.15, 0.2) is 18.2 Å². The van der Waals surface area contributed by atoms with Gasteiger partial charge in [-0.25, -0.2) is 0 Å². The normalized spacial score (nSPS) is 18.3. The molecule has 6 nitrogen and oxygen atoms in total. The SMILES string of the molecule is COc1cc([C@H]2C[C@@H](C)c3cc(OC)c(O)c(OC)c32)cc(OC)c1O. The summed E-state index contributed by atoms with van der Waals surface area (Å²) in [5.41, 5.74) is 2.92. The average Bonchev–Trinajstić information content (AvgIpc) is 2.97. The molecule has 2 N–H and O–H groups in total. The highest BCUT2D eigenvalue weighted by Crippen LogP contribution is 2.55. The van der Waals surface area contributed by atoms with Gasteiger partial charge in [-0.3, -0.25) is 0 Å². The Balaban J connectivity index is 2.22. The predicted molar refractivity (Wildman–Crippen MR) is 97.3 cm³/mol. The number of benzene rings is 2. The van der Waals surface area contributed by atoms with Crippen LogP contribution in [0.4, 0.5) is 0 Å². The third kappa shape index (κ3) is 2.66. The predicted octanol–water partition coefficient (Wildman–Crippen LogP) is 3.77. The molecule has 0 saturated carbocycles. The van der Waals surface area contributed by atoms with Crippen LogP contribution < -0.4 is 18.9 Å². The van der Waals surface area contributed by atoms with Crippen molar-refractivity contribution < 1.29 is 29.2 Å². The van der Waals surface area contributed by atoms with E-state index in [0.29, 0.717) is 23.0 Å². The van der Waals surface area contributed by atoms with E-state index < -0.39 is 0 Å². The lowest BCUT2D eigenvalue weighted by molar-refractivity contribution is 0.335.